The van der Waals surface area contributed by atoms with Crippen LogP contribution in [0.4, 0.5) is 0 Å². The maximum Gasteiger partial charge on any atom is 0.300 e. The smallest absolute Gasteiger partial charge is 0.300 e. The van der Waals surface area contributed by atoms with Gasteiger partial charge in [0.1, 0.15) is 18.0 Å². The molecule has 2 amide bonds. The van der Waals surface area contributed by atoms with Crippen LogP contribution in [0.15, 0.2) is 55.0 Å². The summed E-state index contributed by atoms with van der Waals surface area (Å²) < 4.78 is 20.9. The lowest BCUT2D eigenvalue weighted by Gasteiger charge is -2.25. The number of fused-ring (bicyclic) bond motifs is 5. The maximum atomic E-state index is 14.3. The Labute approximate surface area is 308 Å². The minimum atomic E-state index is -0.833. The van der Waals surface area contributed by atoms with Crippen LogP contribution in [0.1, 0.15) is 64.0 Å². The molecule has 0 aliphatic carbocycles. The number of pyridine rings is 1. The molecule has 15 nitrogen and oxygen atoms in total. The van der Waals surface area contributed by atoms with Crippen molar-refractivity contribution in [2.75, 3.05) is 47.0 Å². The molecule has 15 heteroatoms. The number of aliphatic carboxylic acids is 1. The highest BCUT2D eigenvalue weighted by atomic mass is 16.5. The number of nitrogens with zero attached hydrogens (tertiary/aromatic N) is 8. The van der Waals surface area contributed by atoms with Gasteiger partial charge < -0.3 is 33.7 Å². The number of aryl methyl sites for hydroxylation is 4. The Hall–Kier alpha value is -5.99. The van der Waals surface area contributed by atoms with Crippen LogP contribution < -0.4 is 14.2 Å². The van der Waals surface area contributed by atoms with Crippen molar-refractivity contribution in [1.29, 1.82) is 0 Å². The fourth-order valence-corrected chi connectivity index (χ4v) is 6.28. The summed E-state index contributed by atoms with van der Waals surface area (Å²) in [5.74, 6) is 1.22. The van der Waals surface area contributed by atoms with E-state index >= 15 is 0 Å². The highest BCUT2D eigenvalue weighted by molar-refractivity contribution is 6.01. The summed E-state index contributed by atoms with van der Waals surface area (Å²) in [6.07, 6.45) is 7.34. The van der Waals surface area contributed by atoms with Gasteiger partial charge in [0.15, 0.2) is 17.1 Å². The zero-order chi connectivity index (χ0) is 38.1. The summed E-state index contributed by atoms with van der Waals surface area (Å²) >= 11 is 0. The summed E-state index contributed by atoms with van der Waals surface area (Å²) in [6, 6.07) is 11.0. The lowest BCUT2D eigenvalue weighted by molar-refractivity contribution is -0.134. The molecule has 280 valence electrons. The fourth-order valence-electron chi connectivity index (χ4n) is 6.28. The van der Waals surface area contributed by atoms with Gasteiger partial charge in [-0.2, -0.15) is 5.10 Å². The number of hydrogen-bond donors (Lipinski definition) is 1. The van der Waals surface area contributed by atoms with Crippen LogP contribution in [0.25, 0.3) is 17.0 Å². The molecule has 0 atom stereocenters. The van der Waals surface area contributed by atoms with Gasteiger partial charge in [-0.1, -0.05) is 0 Å². The van der Waals surface area contributed by atoms with Crippen LogP contribution in [0.2, 0.25) is 0 Å². The third-order valence-corrected chi connectivity index (χ3v) is 8.74. The molecule has 0 radical (unpaired) electrons. The van der Waals surface area contributed by atoms with Crippen LogP contribution in [-0.2, 0) is 11.3 Å². The summed E-state index contributed by atoms with van der Waals surface area (Å²) in [5, 5.41) is 12.1. The van der Waals surface area contributed by atoms with Gasteiger partial charge in [-0.05, 0) is 70.4 Å². The van der Waals surface area contributed by atoms with Crippen molar-refractivity contribution < 1.29 is 33.7 Å². The van der Waals surface area contributed by atoms with Gasteiger partial charge in [-0.3, -0.25) is 14.4 Å². The van der Waals surface area contributed by atoms with E-state index in [1.54, 1.807) is 41.1 Å². The second-order valence-corrected chi connectivity index (χ2v) is 12.6. The van der Waals surface area contributed by atoms with E-state index in [9.17, 15) is 9.59 Å². The number of benzene rings is 1. The number of amides is 2. The predicted octanol–water partition coefficient (Wildman–Crippen LogP) is 4.87. The highest BCUT2D eigenvalue weighted by Crippen LogP contribution is 2.32. The summed E-state index contributed by atoms with van der Waals surface area (Å²) in [5.41, 5.74) is 4.83. The SMILES string of the molecule is CC(=O)O.COc1cc(C(=O)N2CCCCN(C(=O)c3c(C)nn4c(C)cc(C)nc34)CCCn3ccnc3-c3ccc(OC)c(c3)OCC2)ccn1. The molecule has 1 aliphatic heterocycles. The highest BCUT2D eigenvalue weighted by Gasteiger charge is 2.25. The number of carboxylic acids is 1. The lowest BCUT2D eigenvalue weighted by Crippen LogP contribution is -2.37. The molecule has 6 rings (SSSR count). The van der Waals surface area contributed by atoms with E-state index < -0.39 is 5.97 Å². The average molecular weight is 727 g/mol. The molecule has 0 spiro atoms. The largest absolute Gasteiger partial charge is 0.493 e. The molecule has 53 heavy (non-hydrogen) atoms. The molecule has 1 aromatic carbocycles. The van der Waals surface area contributed by atoms with Crippen LogP contribution in [0, 0.1) is 20.8 Å². The topological polar surface area (TPSA) is 167 Å². The normalized spacial score (nSPS) is 13.9. The number of ether oxygens (including phenoxy) is 3. The summed E-state index contributed by atoms with van der Waals surface area (Å²) in [4.78, 5) is 54.2. The molecule has 0 fully saturated rings. The predicted molar refractivity (Wildman–Crippen MR) is 197 cm³/mol. The van der Waals surface area contributed by atoms with Crippen LogP contribution in [0.5, 0.6) is 17.4 Å². The second kappa shape index (κ2) is 17.5. The van der Waals surface area contributed by atoms with Crippen molar-refractivity contribution >= 4 is 23.4 Å². The first-order chi connectivity index (χ1) is 25.5. The summed E-state index contributed by atoms with van der Waals surface area (Å²) in [7, 11) is 3.12. The van der Waals surface area contributed by atoms with E-state index in [2.05, 4.69) is 19.6 Å². The van der Waals surface area contributed by atoms with Gasteiger partial charge in [0, 0.05) is 80.3 Å². The van der Waals surface area contributed by atoms with Crippen molar-refractivity contribution in [2.45, 2.75) is 53.5 Å². The van der Waals surface area contributed by atoms with Crippen molar-refractivity contribution in [3.63, 3.8) is 0 Å². The molecule has 1 N–H and O–H groups in total. The zero-order valence-electron chi connectivity index (χ0n) is 31.0. The average Bonchev–Trinajstić information content (AvgIpc) is 3.74. The van der Waals surface area contributed by atoms with Crippen molar-refractivity contribution in [1.82, 2.24) is 38.9 Å². The zero-order valence-corrected chi connectivity index (χ0v) is 31.0. The minimum absolute atomic E-state index is 0.0984. The molecule has 0 saturated carbocycles. The van der Waals surface area contributed by atoms with Crippen molar-refractivity contribution in [2.24, 2.45) is 0 Å². The molecule has 1 aliphatic rings. The number of carbonyl (C=O) groups excluding carboxylic acids is 2. The molecule has 4 aromatic heterocycles. The third kappa shape index (κ3) is 9.28. The lowest BCUT2D eigenvalue weighted by atomic mass is 10.1. The molecule has 0 unspecified atom stereocenters. The van der Waals surface area contributed by atoms with Gasteiger partial charge in [0.05, 0.1) is 26.5 Å². The fraction of sp³-hybridized carbons (Fsp3) is 0.395. The molecule has 5 heterocycles. The minimum Gasteiger partial charge on any atom is -0.493 e. The number of aromatic nitrogens is 6. The maximum absolute atomic E-state index is 14.3. The molecule has 2 bridgehead atoms. The van der Waals surface area contributed by atoms with Crippen molar-refractivity contribution in [3.05, 3.63) is 83.2 Å². The third-order valence-electron chi connectivity index (χ3n) is 8.74. The Morgan fingerprint density at radius 3 is 2.26 bits per heavy atom. The van der Waals surface area contributed by atoms with E-state index in [0.29, 0.717) is 91.8 Å². The number of carboxylic acid groups (broad SMARTS) is 1. The van der Waals surface area contributed by atoms with Gasteiger partial charge in [0.2, 0.25) is 5.88 Å². The van der Waals surface area contributed by atoms with Crippen LogP contribution in [-0.4, -0.2) is 109 Å². The van der Waals surface area contributed by atoms with E-state index in [-0.39, 0.29) is 18.4 Å². The first-order valence-electron chi connectivity index (χ1n) is 17.4. The van der Waals surface area contributed by atoms with Crippen LogP contribution >= 0.6 is 0 Å². The van der Waals surface area contributed by atoms with Crippen LogP contribution in [0.3, 0.4) is 0 Å². The number of imidazole rings is 1. The van der Waals surface area contributed by atoms with Gasteiger partial charge in [-0.15, -0.1) is 0 Å². The van der Waals surface area contributed by atoms with E-state index in [0.717, 1.165) is 29.7 Å². The number of methoxy groups -OCH3 is 2. The molecular formula is C38H46N8O7. The summed E-state index contributed by atoms with van der Waals surface area (Å²) in [6.45, 7) is 9.56. The Morgan fingerprint density at radius 1 is 0.830 bits per heavy atom. The van der Waals surface area contributed by atoms with Gasteiger partial charge in [0.25, 0.3) is 17.8 Å². The molecular weight excluding hydrogens is 680 g/mol. The van der Waals surface area contributed by atoms with Gasteiger partial charge >= 0.3 is 0 Å². The second-order valence-electron chi connectivity index (χ2n) is 12.6. The first kappa shape index (κ1) is 38.2. The van der Waals surface area contributed by atoms with E-state index in [4.69, 9.17) is 29.1 Å². The Balaban J connectivity index is 0.00000129. The Bertz CT molecular complexity index is 2070. The number of carbonyl (C=O) groups is 3. The quantitative estimate of drug-likeness (QED) is 0.269. The standard InChI is InChI=1S/C36H42N8O5.C2H4O2/c1-24-21-25(2)44-34(39-24)32(26(3)40-44)36(46)42-14-6-7-15-43(35(45)28-11-12-37-31(23-28)48-5)19-20-49-30-22-27(9-10-29(30)47-4)33-38-13-18-41(33)16-8-17-42;1-2(3)4/h9-13,18,21-23H,6-8,14-17,19-20H2,1-5H3;1H3,(H,3,4). The Morgan fingerprint density at radius 2 is 1.55 bits per heavy atom. The van der Waals surface area contributed by atoms with Crippen molar-refractivity contribution in [3.8, 4) is 28.8 Å². The van der Waals surface area contributed by atoms with E-state index in [1.807, 2.05) is 56.1 Å². The molecule has 0 saturated heterocycles. The molecule has 5 aromatic rings. The number of rotatable bonds is 4. The first-order valence-corrected chi connectivity index (χ1v) is 17.4. The van der Waals surface area contributed by atoms with E-state index in [1.165, 1.54) is 7.11 Å². The number of hydrogen-bond acceptors (Lipinski definition) is 10. The Kier molecular flexibility index (Phi) is 12.6. The van der Waals surface area contributed by atoms with Gasteiger partial charge in [-0.25, -0.2) is 19.5 Å². The monoisotopic (exact) mass is 726 g/mol.